The molecule has 0 saturated carbocycles. The first-order valence-corrected chi connectivity index (χ1v) is 6.00. The van der Waals surface area contributed by atoms with E-state index in [9.17, 15) is 0 Å². The topological polar surface area (TPSA) is 43.1 Å². The molecule has 0 aliphatic rings. The van der Waals surface area contributed by atoms with Gasteiger partial charge < -0.3 is 0 Å². The number of benzene rings is 1. The molecule has 0 saturated heterocycles. The van der Waals surface area contributed by atoms with Gasteiger partial charge in [0, 0.05) is 23.3 Å². The van der Waals surface area contributed by atoms with Crippen molar-refractivity contribution in [1.29, 1.82) is 0 Å². The molecule has 17 heavy (non-hydrogen) atoms. The summed E-state index contributed by atoms with van der Waals surface area (Å²) in [4.78, 5) is 4.02. The van der Waals surface area contributed by atoms with Gasteiger partial charge in [-0.3, -0.25) is 9.38 Å². The Morgan fingerprint density at radius 2 is 1.94 bits per heavy atom. The van der Waals surface area contributed by atoms with Crippen molar-refractivity contribution >= 4 is 21.6 Å². The number of fused-ring (bicyclic) bond motifs is 1. The van der Waals surface area contributed by atoms with E-state index in [0.717, 1.165) is 22.4 Å². The summed E-state index contributed by atoms with van der Waals surface area (Å²) < 4.78 is 3.03. The smallest absolute Gasteiger partial charge is 0.179 e. The molecule has 5 heteroatoms. The SMILES string of the molecule is Brc1ccc(Cc2nnc3cnccn23)cc1. The van der Waals surface area contributed by atoms with Gasteiger partial charge >= 0.3 is 0 Å². The first kappa shape index (κ1) is 10.4. The van der Waals surface area contributed by atoms with Gasteiger partial charge in [-0.2, -0.15) is 0 Å². The molecule has 0 N–H and O–H groups in total. The van der Waals surface area contributed by atoms with Crippen LogP contribution in [0.25, 0.3) is 5.65 Å². The lowest BCUT2D eigenvalue weighted by atomic mass is 10.1. The molecule has 4 nitrogen and oxygen atoms in total. The van der Waals surface area contributed by atoms with Crippen LogP contribution in [0.4, 0.5) is 0 Å². The summed E-state index contributed by atoms with van der Waals surface area (Å²) in [5.74, 6) is 0.921. The van der Waals surface area contributed by atoms with E-state index in [2.05, 4.69) is 43.2 Å². The minimum atomic E-state index is 0.762. The first-order chi connectivity index (χ1) is 8.33. The van der Waals surface area contributed by atoms with Crippen molar-refractivity contribution in [2.75, 3.05) is 0 Å². The molecule has 2 heterocycles. The number of halogens is 1. The number of aromatic nitrogens is 4. The Kier molecular flexibility index (Phi) is 2.60. The molecule has 84 valence electrons. The molecular formula is C12H9BrN4. The summed E-state index contributed by atoms with van der Waals surface area (Å²) in [6.45, 7) is 0. The van der Waals surface area contributed by atoms with Crippen LogP contribution in [-0.4, -0.2) is 19.6 Å². The normalized spacial score (nSPS) is 10.9. The van der Waals surface area contributed by atoms with E-state index in [1.165, 1.54) is 5.56 Å². The zero-order chi connectivity index (χ0) is 11.7. The molecule has 0 fully saturated rings. The molecule has 0 unspecified atom stereocenters. The number of hydrogen-bond donors (Lipinski definition) is 0. The van der Waals surface area contributed by atoms with Gasteiger partial charge in [-0.05, 0) is 17.7 Å². The molecule has 0 spiro atoms. The summed E-state index contributed by atoms with van der Waals surface area (Å²) >= 11 is 3.42. The van der Waals surface area contributed by atoms with Crippen LogP contribution in [0.5, 0.6) is 0 Å². The van der Waals surface area contributed by atoms with Gasteiger partial charge in [0.1, 0.15) is 5.82 Å². The van der Waals surface area contributed by atoms with Crippen molar-refractivity contribution in [2.24, 2.45) is 0 Å². The second-order valence-corrected chi connectivity index (χ2v) is 4.64. The molecule has 0 atom stereocenters. The van der Waals surface area contributed by atoms with Crippen molar-refractivity contribution in [3.8, 4) is 0 Å². The zero-order valence-corrected chi connectivity index (χ0v) is 10.5. The summed E-state index contributed by atoms with van der Waals surface area (Å²) in [5, 5.41) is 8.25. The van der Waals surface area contributed by atoms with Crippen LogP contribution < -0.4 is 0 Å². The van der Waals surface area contributed by atoms with E-state index in [0.29, 0.717) is 0 Å². The third kappa shape index (κ3) is 2.06. The van der Waals surface area contributed by atoms with Gasteiger partial charge in [0.05, 0.1) is 6.20 Å². The number of rotatable bonds is 2. The summed E-state index contributed by atoms with van der Waals surface area (Å²) in [6, 6.07) is 8.21. The highest BCUT2D eigenvalue weighted by molar-refractivity contribution is 9.10. The summed E-state index contributed by atoms with van der Waals surface area (Å²) in [5.41, 5.74) is 1.99. The molecule has 0 amide bonds. The Balaban J connectivity index is 1.97. The zero-order valence-electron chi connectivity index (χ0n) is 8.92. The lowest BCUT2D eigenvalue weighted by Gasteiger charge is -2.00. The van der Waals surface area contributed by atoms with Crippen molar-refractivity contribution in [2.45, 2.75) is 6.42 Å². The van der Waals surface area contributed by atoms with E-state index in [1.807, 2.05) is 22.7 Å². The Hall–Kier alpha value is -1.75. The first-order valence-electron chi connectivity index (χ1n) is 5.21. The number of hydrogen-bond acceptors (Lipinski definition) is 3. The quantitative estimate of drug-likeness (QED) is 0.728. The van der Waals surface area contributed by atoms with Crippen LogP contribution in [0.1, 0.15) is 11.4 Å². The predicted molar refractivity (Wildman–Crippen MR) is 67.7 cm³/mol. The van der Waals surface area contributed by atoms with Gasteiger partial charge in [0.2, 0.25) is 0 Å². The maximum atomic E-state index is 4.17. The average Bonchev–Trinajstić information content (AvgIpc) is 2.76. The minimum absolute atomic E-state index is 0.762. The highest BCUT2D eigenvalue weighted by Gasteiger charge is 2.05. The van der Waals surface area contributed by atoms with E-state index in [1.54, 1.807) is 12.4 Å². The molecule has 0 aliphatic heterocycles. The Labute approximate surface area is 106 Å². The molecule has 2 aromatic heterocycles. The molecular weight excluding hydrogens is 280 g/mol. The Morgan fingerprint density at radius 3 is 2.76 bits per heavy atom. The van der Waals surface area contributed by atoms with Crippen LogP contribution in [-0.2, 0) is 6.42 Å². The van der Waals surface area contributed by atoms with Crippen molar-refractivity contribution in [3.63, 3.8) is 0 Å². The van der Waals surface area contributed by atoms with Crippen LogP contribution in [0.3, 0.4) is 0 Å². The second-order valence-electron chi connectivity index (χ2n) is 3.72. The summed E-state index contributed by atoms with van der Waals surface area (Å²) in [7, 11) is 0. The fourth-order valence-corrected chi connectivity index (χ4v) is 1.97. The van der Waals surface area contributed by atoms with Crippen molar-refractivity contribution in [3.05, 3.63) is 58.7 Å². The molecule has 0 bridgehead atoms. The molecule has 3 aromatic rings. The standard InChI is InChI=1S/C12H9BrN4/c13-10-3-1-9(2-4-10)7-11-15-16-12-8-14-5-6-17(11)12/h1-6,8H,7H2. The lowest BCUT2D eigenvalue weighted by Crippen LogP contribution is -1.96. The fourth-order valence-electron chi connectivity index (χ4n) is 1.71. The van der Waals surface area contributed by atoms with Gasteiger partial charge in [-0.15, -0.1) is 10.2 Å². The molecule has 3 rings (SSSR count). The van der Waals surface area contributed by atoms with E-state index in [4.69, 9.17) is 0 Å². The maximum Gasteiger partial charge on any atom is 0.179 e. The number of nitrogens with zero attached hydrogens (tertiary/aromatic N) is 4. The van der Waals surface area contributed by atoms with Crippen molar-refractivity contribution in [1.82, 2.24) is 19.6 Å². The Morgan fingerprint density at radius 1 is 1.12 bits per heavy atom. The van der Waals surface area contributed by atoms with Crippen LogP contribution in [0, 0.1) is 0 Å². The van der Waals surface area contributed by atoms with Gasteiger partial charge in [0.25, 0.3) is 0 Å². The molecule has 0 aliphatic carbocycles. The second kappa shape index (κ2) is 4.25. The molecule has 1 aromatic carbocycles. The lowest BCUT2D eigenvalue weighted by molar-refractivity contribution is 0.931. The average molecular weight is 289 g/mol. The largest absolute Gasteiger partial charge is 0.283 e. The fraction of sp³-hybridized carbons (Fsp3) is 0.0833. The van der Waals surface area contributed by atoms with Gasteiger partial charge in [0.15, 0.2) is 5.65 Å². The van der Waals surface area contributed by atoms with E-state index < -0.39 is 0 Å². The van der Waals surface area contributed by atoms with Crippen LogP contribution in [0.2, 0.25) is 0 Å². The minimum Gasteiger partial charge on any atom is -0.283 e. The third-order valence-corrected chi connectivity index (χ3v) is 3.09. The van der Waals surface area contributed by atoms with Crippen LogP contribution >= 0.6 is 15.9 Å². The van der Waals surface area contributed by atoms with E-state index in [-0.39, 0.29) is 0 Å². The van der Waals surface area contributed by atoms with Crippen molar-refractivity contribution < 1.29 is 0 Å². The highest BCUT2D eigenvalue weighted by atomic mass is 79.9. The van der Waals surface area contributed by atoms with Gasteiger partial charge in [-0.25, -0.2) is 0 Å². The monoisotopic (exact) mass is 288 g/mol. The Bertz CT molecular complexity index is 645. The molecule has 0 radical (unpaired) electrons. The summed E-state index contributed by atoms with van der Waals surface area (Å²) in [6.07, 6.45) is 6.08. The maximum absolute atomic E-state index is 4.17. The van der Waals surface area contributed by atoms with Crippen LogP contribution in [0.15, 0.2) is 47.3 Å². The van der Waals surface area contributed by atoms with E-state index >= 15 is 0 Å². The highest BCUT2D eigenvalue weighted by Crippen LogP contribution is 2.13. The van der Waals surface area contributed by atoms with Gasteiger partial charge in [-0.1, -0.05) is 28.1 Å². The third-order valence-electron chi connectivity index (χ3n) is 2.56. The predicted octanol–water partition coefficient (Wildman–Crippen LogP) is 2.48.